The molecule has 4 aromatic carbocycles. The topological polar surface area (TPSA) is 23.6 Å². The van der Waals surface area contributed by atoms with Crippen LogP contribution in [-0.4, -0.2) is 28.3 Å². The maximum absolute atomic E-state index is 13.5. The molecule has 1 aliphatic carbocycles. The molecule has 1 fully saturated rings. The Hall–Kier alpha value is -3.43. The van der Waals surface area contributed by atoms with E-state index in [0.29, 0.717) is 25.6 Å². The second-order valence-electron chi connectivity index (χ2n) is 9.31. The van der Waals surface area contributed by atoms with E-state index in [1.165, 1.54) is 40.3 Å². The van der Waals surface area contributed by atoms with E-state index in [0.717, 1.165) is 13.1 Å². The van der Waals surface area contributed by atoms with Crippen molar-refractivity contribution < 1.29 is 4.79 Å². The van der Waals surface area contributed by atoms with Crippen LogP contribution in [0.4, 0.5) is 0 Å². The van der Waals surface area contributed by atoms with Gasteiger partial charge in [-0.2, -0.15) is 0 Å². The summed E-state index contributed by atoms with van der Waals surface area (Å²) in [7, 11) is 0. The highest BCUT2D eigenvalue weighted by Gasteiger charge is 2.30. The van der Waals surface area contributed by atoms with Crippen LogP contribution in [0.25, 0.3) is 10.8 Å². The van der Waals surface area contributed by atoms with Crippen LogP contribution in [0.2, 0.25) is 0 Å². The highest BCUT2D eigenvalue weighted by molar-refractivity contribution is 5.85. The van der Waals surface area contributed by atoms with Gasteiger partial charge in [0.15, 0.2) is 0 Å². The Morgan fingerprint density at radius 1 is 0.676 bits per heavy atom. The SMILES string of the molecule is O=C(CCN(Cc1cccc2ccccc12)C1CC1)N(Cc1ccccc1)Cc1ccccc1. The average molecular weight is 449 g/mol. The molecule has 0 spiro atoms. The molecule has 3 nitrogen and oxygen atoms in total. The molecule has 172 valence electrons. The van der Waals surface area contributed by atoms with Gasteiger partial charge in [0.05, 0.1) is 0 Å². The van der Waals surface area contributed by atoms with Crippen LogP contribution < -0.4 is 0 Å². The van der Waals surface area contributed by atoms with Crippen molar-refractivity contribution in [3.05, 3.63) is 120 Å². The van der Waals surface area contributed by atoms with E-state index in [-0.39, 0.29) is 5.91 Å². The minimum atomic E-state index is 0.219. The standard InChI is InChI=1S/C31H32N2O/c34-31(33(22-25-10-3-1-4-11-25)23-26-12-5-2-6-13-26)20-21-32(29-18-19-29)24-28-16-9-15-27-14-7-8-17-30(27)28/h1-17,29H,18-24H2. The van der Waals surface area contributed by atoms with Gasteiger partial charge in [0, 0.05) is 38.6 Å². The van der Waals surface area contributed by atoms with E-state index in [9.17, 15) is 4.79 Å². The van der Waals surface area contributed by atoms with Gasteiger partial charge in [-0.15, -0.1) is 0 Å². The summed E-state index contributed by atoms with van der Waals surface area (Å²) >= 11 is 0. The molecule has 0 saturated heterocycles. The second kappa shape index (κ2) is 10.7. The summed E-state index contributed by atoms with van der Waals surface area (Å²) in [6, 6.07) is 36.4. The van der Waals surface area contributed by atoms with E-state index in [4.69, 9.17) is 0 Å². The fourth-order valence-electron chi connectivity index (χ4n) is 4.72. The van der Waals surface area contributed by atoms with Gasteiger partial charge in [-0.25, -0.2) is 0 Å². The van der Waals surface area contributed by atoms with E-state index in [1.54, 1.807) is 0 Å². The first-order valence-electron chi connectivity index (χ1n) is 12.3. The number of benzene rings is 4. The van der Waals surface area contributed by atoms with Crippen molar-refractivity contribution in [3.8, 4) is 0 Å². The van der Waals surface area contributed by atoms with Crippen LogP contribution >= 0.6 is 0 Å². The Labute approximate surface area is 202 Å². The van der Waals surface area contributed by atoms with Crippen LogP contribution in [0.1, 0.15) is 36.0 Å². The fourth-order valence-corrected chi connectivity index (χ4v) is 4.72. The molecule has 0 aliphatic heterocycles. The summed E-state index contributed by atoms with van der Waals surface area (Å²) in [5.74, 6) is 0.219. The van der Waals surface area contributed by atoms with Gasteiger partial charge >= 0.3 is 0 Å². The number of fused-ring (bicyclic) bond motifs is 1. The van der Waals surface area contributed by atoms with E-state index in [1.807, 2.05) is 41.3 Å². The van der Waals surface area contributed by atoms with Crippen LogP contribution in [-0.2, 0) is 24.4 Å². The van der Waals surface area contributed by atoms with Gasteiger partial charge in [-0.1, -0.05) is 103 Å². The highest BCUT2D eigenvalue weighted by atomic mass is 16.2. The van der Waals surface area contributed by atoms with Crippen molar-refractivity contribution in [1.29, 1.82) is 0 Å². The maximum Gasteiger partial charge on any atom is 0.224 e. The Bertz CT molecular complexity index is 1170. The Morgan fingerprint density at radius 2 is 1.26 bits per heavy atom. The van der Waals surface area contributed by atoms with Crippen LogP contribution in [0.3, 0.4) is 0 Å². The number of rotatable bonds is 10. The zero-order valence-corrected chi connectivity index (χ0v) is 19.6. The minimum Gasteiger partial charge on any atom is -0.334 e. The van der Waals surface area contributed by atoms with E-state index in [2.05, 4.69) is 71.6 Å². The normalized spacial score (nSPS) is 13.3. The van der Waals surface area contributed by atoms with Gasteiger partial charge in [-0.3, -0.25) is 9.69 Å². The van der Waals surface area contributed by atoms with Gasteiger partial charge in [0.25, 0.3) is 0 Å². The van der Waals surface area contributed by atoms with Crippen molar-refractivity contribution in [1.82, 2.24) is 9.80 Å². The van der Waals surface area contributed by atoms with Crippen LogP contribution in [0.15, 0.2) is 103 Å². The second-order valence-corrected chi connectivity index (χ2v) is 9.31. The Kier molecular flexibility index (Phi) is 7.02. The van der Waals surface area contributed by atoms with Crippen LogP contribution in [0.5, 0.6) is 0 Å². The smallest absolute Gasteiger partial charge is 0.224 e. The predicted molar refractivity (Wildman–Crippen MR) is 139 cm³/mol. The number of hydrogen-bond donors (Lipinski definition) is 0. The fraction of sp³-hybridized carbons (Fsp3) is 0.258. The molecular formula is C31H32N2O. The van der Waals surface area contributed by atoms with E-state index >= 15 is 0 Å². The average Bonchev–Trinajstić information content (AvgIpc) is 3.73. The summed E-state index contributed by atoms with van der Waals surface area (Å²) < 4.78 is 0. The lowest BCUT2D eigenvalue weighted by Crippen LogP contribution is -2.34. The van der Waals surface area contributed by atoms with Gasteiger partial charge < -0.3 is 4.90 Å². The molecule has 0 unspecified atom stereocenters. The largest absolute Gasteiger partial charge is 0.334 e. The first-order chi connectivity index (χ1) is 16.8. The van der Waals surface area contributed by atoms with Gasteiger partial charge in [-0.05, 0) is 40.3 Å². The van der Waals surface area contributed by atoms with Crippen LogP contribution in [0, 0.1) is 0 Å². The summed E-state index contributed by atoms with van der Waals surface area (Å²) in [5.41, 5.74) is 3.69. The zero-order chi connectivity index (χ0) is 23.2. The lowest BCUT2D eigenvalue weighted by molar-refractivity contribution is -0.132. The monoisotopic (exact) mass is 448 g/mol. The molecule has 1 amide bonds. The first kappa shape index (κ1) is 22.4. The molecule has 1 aliphatic rings. The summed E-state index contributed by atoms with van der Waals surface area (Å²) in [5, 5.41) is 2.60. The number of amides is 1. The number of hydrogen-bond acceptors (Lipinski definition) is 2. The molecule has 5 rings (SSSR count). The summed E-state index contributed by atoms with van der Waals surface area (Å²) in [6.45, 7) is 2.98. The molecule has 0 N–H and O–H groups in total. The van der Waals surface area contributed by atoms with Gasteiger partial charge in [0.1, 0.15) is 0 Å². The predicted octanol–water partition coefficient (Wildman–Crippen LogP) is 6.42. The molecule has 0 aromatic heterocycles. The van der Waals surface area contributed by atoms with Crippen molar-refractivity contribution in [2.75, 3.05) is 6.54 Å². The molecule has 0 radical (unpaired) electrons. The minimum absolute atomic E-state index is 0.219. The summed E-state index contributed by atoms with van der Waals surface area (Å²) in [6.07, 6.45) is 3.01. The van der Waals surface area contributed by atoms with Crippen molar-refractivity contribution in [3.63, 3.8) is 0 Å². The molecule has 34 heavy (non-hydrogen) atoms. The number of carbonyl (C=O) groups excluding carboxylic acids is 1. The molecule has 0 bridgehead atoms. The molecule has 4 aromatic rings. The molecule has 1 saturated carbocycles. The zero-order valence-electron chi connectivity index (χ0n) is 19.6. The molecule has 0 atom stereocenters. The number of nitrogens with zero attached hydrogens (tertiary/aromatic N) is 2. The molecule has 3 heteroatoms. The third-order valence-corrected chi connectivity index (χ3v) is 6.71. The highest BCUT2D eigenvalue weighted by Crippen LogP contribution is 2.30. The van der Waals surface area contributed by atoms with Crippen molar-refractivity contribution in [2.45, 2.75) is 44.9 Å². The molecular weight excluding hydrogens is 416 g/mol. The first-order valence-corrected chi connectivity index (χ1v) is 12.3. The third kappa shape index (κ3) is 5.73. The lowest BCUT2D eigenvalue weighted by atomic mass is 10.0. The van der Waals surface area contributed by atoms with Gasteiger partial charge in [0.2, 0.25) is 5.91 Å². The van der Waals surface area contributed by atoms with E-state index < -0.39 is 0 Å². The number of carbonyl (C=O) groups is 1. The third-order valence-electron chi connectivity index (χ3n) is 6.71. The lowest BCUT2D eigenvalue weighted by Gasteiger charge is -2.26. The Morgan fingerprint density at radius 3 is 1.91 bits per heavy atom. The maximum atomic E-state index is 13.5. The van der Waals surface area contributed by atoms with Crippen molar-refractivity contribution >= 4 is 16.7 Å². The van der Waals surface area contributed by atoms with Crippen molar-refractivity contribution in [2.24, 2.45) is 0 Å². The summed E-state index contributed by atoms with van der Waals surface area (Å²) in [4.78, 5) is 18.0. The molecule has 0 heterocycles. The Balaban J connectivity index is 1.28. The quantitative estimate of drug-likeness (QED) is 0.279.